The topological polar surface area (TPSA) is 23.6 Å². The molecule has 122 valence electrons. The Labute approximate surface area is 131 Å². The molecule has 1 amide bonds. The average Bonchev–Trinajstić information content (AvgIpc) is 3.07. The van der Waals surface area contributed by atoms with Gasteiger partial charge in [0.1, 0.15) is 0 Å². The molecule has 0 bridgehead atoms. The first-order valence-corrected chi connectivity index (χ1v) is 8.97. The molecule has 0 aromatic rings. The number of rotatable bonds is 6. The molecule has 3 unspecified atom stereocenters. The summed E-state index contributed by atoms with van der Waals surface area (Å²) in [6.45, 7) is 13.4. The minimum absolute atomic E-state index is 0.252. The predicted molar refractivity (Wildman–Crippen MR) is 88.2 cm³/mol. The standard InChI is InChI=1S/C18H34N2O/c1-14(2)18-9-11-19(13-18)15(3)6-5-7-17-8-10-20(12-17)16(4)21/h14-15,17-18H,5-13H2,1-4H3. The Morgan fingerprint density at radius 2 is 1.90 bits per heavy atom. The third-order valence-corrected chi connectivity index (χ3v) is 5.79. The van der Waals surface area contributed by atoms with Gasteiger partial charge in [0.05, 0.1) is 0 Å². The molecule has 2 fully saturated rings. The summed E-state index contributed by atoms with van der Waals surface area (Å²) in [6, 6.07) is 0.735. The second-order valence-electron chi connectivity index (χ2n) is 7.69. The SMILES string of the molecule is CC(=O)N1CCC(CCCC(C)N2CCC(C(C)C)C2)C1. The highest BCUT2D eigenvalue weighted by molar-refractivity contribution is 5.73. The quantitative estimate of drug-likeness (QED) is 0.749. The number of amides is 1. The molecule has 2 heterocycles. The summed E-state index contributed by atoms with van der Waals surface area (Å²) in [7, 11) is 0. The third-order valence-electron chi connectivity index (χ3n) is 5.79. The van der Waals surface area contributed by atoms with Crippen LogP contribution in [0.4, 0.5) is 0 Å². The minimum atomic E-state index is 0.252. The Bertz CT molecular complexity index is 342. The maximum absolute atomic E-state index is 11.4. The first-order valence-electron chi connectivity index (χ1n) is 8.97. The van der Waals surface area contributed by atoms with Gasteiger partial charge in [0.2, 0.25) is 5.91 Å². The van der Waals surface area contributed by atoms with Gasteiger partial charge in [0.25, 0.3) is 0 Å². The van der Waals surface area contributed by atoms with E-state index < -0.39 is 0 Å². The van der Waals surface area contributed by atoms with E-state index >= 15 is 0 Å². The van der Waals surface area contributed by atoms with Gasteiger partial charge in [0, 0.05) is 32.6 Å². The van der Waals surface area contributed by atoms with Crippen LogP contribution < -0.4 is 0 Å². The molecule has 0 spiro atoms. The zero-order chi connectivity index (χ0) is 15.4. The highest BCUT2D eigenvalue weighted by atomic mass is 16.2. The maximum atomic E-state index is 11.4. The van der Waals surface area contributed by atoms with Crippen LogP contribution in [0.3, 0.4) is 0 Å². The molecule has 2 rings (SSSR count). The Kier molecular flexibility index (Phi) is 6.09. The monoisotopic (exact) mass is 294 g/mol. The van der Waals surface area contributed by atoms with E-state index in [4.69, 9.17) is 0 Å². The summed E-state index contributed by atoms with van der Waals surface area (Å²) < 4.78 is 0. The zero-order valence-corrected chi connectivity index (χ0v) is 14.5. The van der Waals surface area contributed by atoms with Gasteiger partial charge in [0.15, 0.2) is 0 Å². The van der Waals surface area contributed by atoms with Gasteiger partial charge in [-0.2, -0.15) is 0 Å². The van der Waals surface area contributed by atoms with Crippen molar-refractivity contribution in [3.63, 3.8) is 0 Å². The number of likely N-dealkylation sites (tertiary alicyclic amines) is 2. The molecule has 3 nitrogen and oxygen atoms in total. The van der Waals surface area contributed by atoms with Gasteiger partial charge in [-0.25, -0.2) is 0 Å². The molecule has 0 aromatic carbocycles. The lowest BCUT2D eigenvalue weighted by atomic mass is 9.95. The normalized spacial score (nSPS) is 28.5. The lowest BCUT2D eigenvalue weighted by molar-refractivity contribution is -0.127. The molecule has 0 aliphatic carbocycles. The van der Waals surface area contributed by atoms with Crippen LogP contribution in [-0.2, 0) is 4.79 Å². The summed E-state index contributed by atoms with van der Waals surface area (Å²) >= 11 is 0. The van der Waals surface area contributed by atoms with E-state index in [0.29, 0.717) is 0 Å². The summed E-state index contributed by atoms with van der Waals surface area (Å²) in [5.74, 6) is 2.75. The highest BCUT2D eigenvalue weighted by Crippen LogP contribution is 2.27. The van der Waals surface area contributed by atoms with Crippen molar-refractivity contribution in [3.05, 3.63) is 0 Å². The van der Waals surface area contributed by atoms with Crippen molar-refractivity contribution in [3.8, 4) is 0 Å². The summed E-state index contributed by atoms with van der Waals surface area (Å²) in [4.78, 5) is 16.1. The second-order valence-corrected chi connectivity index (χ2v) is 7.69. The maximum Gasteiger partial charge on any atom is 0.219 e. The van der Waals surface area contributed by atoms with Crippen LogP contribution >= 0.6 is 0 Å². The van der Waals surface area contributed by atoms with Crippen LogP contribution in [0.5, 0.6) is 0 Å². The number of carbonyl (C=O) groups excluding carboxylic acids is 1. The van der Waals surface area contributed by atoms with Crippen molar-refractivity contribution >= 4 is 5.91 Å². The third kappa shape index (κ3) is 4.70. The molecular formula is C18H34N2O. The van der Waals surface area contributed by atoms with Crippen molar-refractivity contribution < 1.29 is 4.79 Å². The van der Waals surface area contributed by atoms with Crippen LogP contribution in [0, 0.1) is 17.8 Å². The summed E-state index contributed by atoms with van der Waals surface area (Å²) in [6.07, 6.45) is 6.54. The second kappa shape index (κ2) is 7.62. The molecule has 0 radical (unpaired) electrons. The van der Waals surface area contributed by atoms with E-state index in [1.54, 1.807) is 6.92 Å². The minimum Gasteiger partial charge on any atom is -0.343 e. The van der Waals surface area contributed by atoms with E-state index in [9.17, 15) is 4.79 Å². The van der Waals surface area contributed by atoms with Crippen molar-refractivity contribution in [2.24, 2.45) is 17.8 Å². The van der Waals surface area contributed by atoms with Crippen molar-refractivity contribution in [2.75, 3.05) is 26.2 Å². The van der Waals surface area contributed by atoms with Gasteiger partial charge >= 0.3 is 0 Å². The van der Waals surface area contributed by atoms with Gasteiger partial charge in [-0.1, -0.05) is 20.3 Å². The molecule has 3 heteroatoms. The fraction of sp³-hybridized carbons (Fsp3) is 0.944. The largest absolute Gasteiger partial charge is 0.343 e. The van der Waals surface area contributed by atoms with E-state index in [1.165, 1.54) is 45.2 Å². The van der Waals surface area contributed by atoms with Crippen molar-refractivity contribution in [1.82, 2.24) is 9.80 Å². The van der Waals surface area contributed by atoms with Crippen molar-refractivity contribution in [1.29, 1.82) is 0 Å². The van der Waals surface area contributed by atoms with E-state index in [2.05, 4.69) is 25.7 Å². The number of nitrogens with zero attached hydrogens (tertiary/aromatic N) is 2. The summed E-state index contributed by atoms with van der Waals surface area (Å²) in [5.41, 5.74) is 0. The first kappa shape index (κ1) is 16.8. The van der Waals surface area contributed by atoms with Crippen LogP contribution in [0.1, 0.15) is 59.8 Å². The van der Waals surface area contributed by atoms with Crippen LogP contribution in [0.15, 0.2) is 0 Å². The van der Waals surface area contributed by atoms with Gasteiger partial charge in [-0.05, 0) is 56.9 Å². The number of hydrogen-bond acceptors (Lipinski definition) is 2. The van der Waals surface area contributed by atoms with E-state index in [-0.39, 0.29) is 5.91 Å². The van der Waals surface area contributed by atoms with Gasteiger partial charge in [-0.3, -0.25) is 4.79 Å². The molecule has 2 aliphatic rings. The van der Waals surface area contributed by atoms with Crippen LogP contribution in [0.2, 0.25) is 0 Å². The predicted octanol–water partition coefficient (Wildman–Crippen LogP) is 3.39. The molecule has 2 aliphatic heterocycles. The van der Waals surface area contributed by atoms with Gasteiger partial charge < -0.3 is 9.80 Å². The number of hydrogen-bond donors (Lipinski definition) is 0. The Morgan fingerprint density at radius 3 is 2.48 bits per heavy atom. The lowest BCUT2D eigenvalue weighted by Crippen LogP contribution is -2.31. The lowest BCUT2D eigenvalue weighted by Gasteiger charge is -2.25. The Balaban J connectivity index is 1.62. The fourth-order valence-electron chi connectivity index (χ4n) is 4.00. The number of carbonyl (C=O) groups is 1. The van der Waals surface area contributed by atoms with E-state index in [1.807, 2.05) is 4.90 Å². The van der Waals surface area contributed by atoms with Crippen LogP contribution in [-0.4, -0.2) is 47.9 Å². The molecule has 21 heavy (non-hydrogen) atoms. The van der Waals surface area contributed by atoms with Gasteiger partial charge in [-0.15, -0.1) is 0 Å². The summed E-state index contributed by atoms with van der Waals surface area (Å²) in [5, 5.41) is 0. The van der Waals surface area contributed by atoms with Crippen LogP contribution in [0.25, 0.3) is 0 Å². The first-order chi connectivity index (χ1) is 9.97. The average molecular weight is 294 g/mol. The molecule has 0 saturated carbocycles. The molecule has 0 N–H and O–H groups in total. The molecule has 3 atom stereocenters. The van der Waals surface area contributed by atoms with Crippen molar-refractivity contribution in [2.45, 2.75) is 65.8 Å². The molecule has 2 saturated heterocycles. The highest BCUT2D eigenvalue weighted by Gasteiger charge is 2.28. The fourth-order valence-corrected chi connectivity index (χ4v) is 4.00. The molecular weight excluding hydrogens is 260 g/mol. The Morgan fingerprint density at radius 1 is 1.14 bits per heavy atom. The Hall–Kier alpha value is -0.570. The van der Waals surface area contributed by atoms with E-state index in [0.717, 1.165) is 36.9 Å². The smallest absolute Gasteiger partial charge is 0.219 e. The zero-order valence-electron chi connectivity index (χ0n) is 14.5. The molecule has 0 aromatic heterocycles.